The van der Waals surface area contributed by atoms with E-state index in [4.69, 9.17) is 15.4 Å². The summed E-state index contributed by atoms with van der Waals surface area (Å²) in [4.78, 5) is 42.0. The summed E-state index contributed by atoms with van der Waals surface area (Å²) in [5.74, 6) is -2.82. The molecule has 5 N–H and O–H groups in total. The lowest BCUT2D eigenvalue weighted by atomic mass is 10.1. The molecule has 0 aliphatic carbocycles. The molecule has 1 aromatic carbocycles. The fraction of sp³-hybridized carbons (Fsp3) is 0.375. The van der Waals surface area contributed by atoms with Crippen LogP contribution in [0.15, 0.2) is 30.3 Å². The zero-order valence-electron chi connectivity index (χ0n) is 14.2. The van der Waals surface area contributed by atoms with Crippen LogP contribution in [0.5, 0.6) is 0 Å². The third kappa shape index (κ3) is 11.4. The van der Waals surface area contributed by atoms with Crippen LogP contribution in [-0.2, 0) is 25.5 Å². The number of aliphatic carboxylic acids is 2. The third-order valence-electron chi connectivity index (χ3n) is 2.84. The van der Waals surface area contributed by atoms with Crippen LogP contribution in [0.25, 0.3) is 0 Å². The summed E-state index contributed by atoms with van der Waals surface area (Å²) in [7, 11) is 0. The molecule has 0 aliphatic rings. The monoisotopic (exact) mass is 370 g/mol. The summed E-state index contributed by atoms with van der Waals surface area (Å²) in [6, 6.07) is 8.12. The zero-order chi connectivity index (χ0) is 19.9. The number of nitrogens with one attached hydrogen (secondary N) is 2. The van der Waals surface area contributed by atoms with Gasteiger partial charge in [-0.25, -0.2) is 15.1 Å². The maximum absolute atomic E-state index is 11.2. The van der Waals surface area contributed by atoms with Crippen molar-refractivity contribution in [1.29, 1.82) is 0 Å². The number of benzene rings is 1. The van der Waals surface area contributed by atoms with Gasteiger partial charge >= 0.3 is 18.0 Å². The standard InChI is InChI=1S/C12H15NO4.C4H7NO4/c1-2-17-12(16)13-10(11(14)15)8-9-6-4-3-5-7-9;6-3(5-9)1-2-4(7)8/h3-7,10H,2,8H2,1H3,(H,13,16)(H,14,15);9H,1-2H2,(H,5,6)(H,7,8)/t10-;/m1./s1. The van der Waals surface area contributed by atoms with Crippen molar-refractivity contribution in [3.8, 4) is 0 Å². The minimum Gasteiger partial charge on any atom is -0.481 e. The Hall–Kier alpha value is -3.14. The van der Waals surface area contributed by atoms with E-state index in [2.05, 4.69) is 10.1 Å². The number of carbonyl (C=O) groups is 4. The molecule has 0 aliphatic heterocycles. The van der Waals surface area contributed by atoms with Gasteiger partial charge in [-0.05, 0) is 12.5 Å². The Morgan fingerprint density at radius 2 is 1.69 bits per heavy atom. The van der Waals surface area contributed by atoms with Crippen LogP contribution in [-0.4, -0.2) is 52.0 Å². The second-order valence-corrected chi connectivity index (χ2v) is 4.87. The molecule has 0 unspecified atom stereocenters. The summed E-state index contributed by atoms with van der Waals surface area (Å²) in [5, 5.41) is 27.1. The molecular formula is C16H22N2O8. The van der Waals surface area contributed by atoms with E-state index in [0.717, 1.165) is 5.56 Å². The lowest BCUT2D eigenvalue weighted by Crippen LogP contribution is -2.42. The highest BCUT2D eigenvalue weighted by atomic mass is 16.5. The second kappa shape index (κ2) is 13.2. The molecule has 0 aromatic heterocycles. The summed E-state index contributed by atoms with van der Waals surface area (Å²) < 4.78 is 4.65. The number of hydrogen-bond donors (Lipinski definition) is 5. The maximum Gasteiger partial charge on any atom is 0.407 e. The minimum absolute atomic E-state index is 0.189. The first-order valence-electron chi connectivity index (χ1n) is 7.64. The zero-order valence-corrected chi connectivity index (χ0v) is 14.2. The maximum atomic E-state index is 11.2. The van der Waals surface area contributed by atoms with Crippen LogP contribution >= 0.6 is 0 Å². The molecule has 1 rings (SSSR count). The molecule has 144 valence electrons. The molecule has 0 bridgehead atoms. The average Bonchev–Trinajstić information content (AvgIpc) is 2.60. The van der Waals surface area contributed by atoms with Crippen molar-refractivity contribution in [3.05, 3.63) is 35.9 Å². The highest BCUT2D eigenvalue weighted by molar-refractivity contribution is 5.80. The quantitative estimate of drug-likeness (QED) is 0.331. The summed E-state index contributed by atoms with van der Waals surface area (Å²) in [5.41, 5.74) is 2.16. The molecule has 1 aromatic rings. The van der Waals surface area contributed by atoms with Crippen LogP contribution in [0.1, 0.15) is 25.3 Å². The first kappa shape index (κ1) is 22.9. The van der Waals surface area contributed by atoms with Crippen molar-refractivity contribution in [2.45, 2.75) is 32.2 Å². The van der Waals surface area contributed by atoms with E-state index < -0.39 is 30.0 Å². The molecule has 0 spiro atoms. The second-order valence-electron chi connectivity index (χ2n) is 4.87. The van der Waals surface area contributed by atoms with Gasteiger partial charge < -0.3 is 20.3 Å². The fourth-order valence-corrected chi connectivity index (χ4v) is 1.64. The van der Waals surface area contributed by atoms with E-state index >= 15 is 0 Å². The molecule has 0 fully saturated rings. The number of alkyl carbamates (subject to hydrolysis) is 1. The van der Waals surface area contributed by atoms with E-state index in [1.165, 1.54) is 5.48 Å². The van der Waals surface area contributed by atoms with Crippen molar-refractivity contribution >= 4 is 23.9 Å². The van der Waals surface area contributed by atoms with Crippen LogP contribution in [0.3, 0.4) is 0 Å². The van der Waals surface area contributed by atoms with Crippen molar-refractivity contribution in [1.82, 2.24) is 10.8 Å². The van der Waals surface area contributed by atoms with Crippen molar-refractivity contribution in [2.75, 3.05) is 6.61 Å². The van der Waals surface area contributed by atoms with Gasteiger partial charge in [-0.2, -0.15) is 0 Å². The van der Waals surface area contributed by atoms with E-state index in [0.29, 0.717) is 0 Å². The fourth-order valence-electron chi connectivity index (χ4n) is 1.64. The predicted molar refractivity (Wildman–Crippen MR) is 88.5 cm³/mol. The summed E-state index contributed by atoms with van der Waals surface area (Å²) in [6.45, 7) is 1.87. The Morgan fingerprint density at radius 1 is 1.08 bits per heavy atom. The number of carbonyl (C=O) groups excluding carboxylic acids is 2. The number of ether oxygens (including phenoxy) is 1. The molecule has 1 atom stereocenters. The topological polar surface area (TPSA) is 162 Å². The van der Waals surface area contributed by atoms with Crippen LogP contribution in [0.2, 0.25) is 0 Å². The van der Waals surface area contributed by atoms with Crippen LogP contribution < -0.4 is 10.8 Å². The molecule has 0 radical (unpaired) electrons. The van der Waals surface area contributed by atoms with E-state index in [1.807, 2.05) is 30.3 Å². The number of carboxylic acid groups (broad SMARTS) is 2. The average molecular weight is 370 g/mol. The van der Waals surface area contributed by atoms with Gasteiger partial charge in [0.05, 0.1) is 13.0 Å². The Labute approximate surface area is 149 Å². The smallest absolute Gasteiger partial charge is 0.407 e. The van der Waals surface area contributed by atoms with Crippen LogP contribution in [0.4, 0.5) is 4.79 Å². The number of hydrogen-bond acceptors (Lipinski definition) is 6. The Bertz CT molecular complexity index is 591. The first-order valence-corrected chi connectivity index (χ1v) is 7.64. The van der Waals surface area contributed by atoms with Crippen molar-refractivity contribution < 1.29 is 39.3 Å². The van der Waals surface area contributed by atoms with Gasteiger partial charge in [0.15, 0.2) is 0 Å². The normalized spacial score (nSPS) is 10.5. The van der Waals surface area contributed by atoms with Crippen molar-refractivity contribution in [2.24, 2.45) is 0 Å². The van der Waals surface area contributed by atoms with Crippen molar-refractivity contribution in [3.63, 3.8) is 0 Å². The minimum atomic E-state index is -1.08. The van der Waals surface area contributed by atoms with Gasteiger partial charge in [0.25, 0.3) is 0 Å². The van der Waals surface area contributed by atoms with E-state index in [-0.39, 0.29) is 25.9 Å². The molecule has 10 heteroatoms. The molecule has 0 heterocycles. The molecule has 10 nitrogen and oxygen atoms in total. The van der Waals surface area contributed by atoms with Gasteiger partial charge in [0.1, 0.15) is 6.04 Å². The van der Waals surface area contributed by atoms with Gasteiger partial charge in [-0.15, -0.1) is 0 Å². The first-order chi connectivity index (χ1) is 12.3. The molecule has 26 heavy (non-hydrogen) atoms. The molecule has 0 saturated heterocycles. The highest BCUT2D eigenvalue weighted by Gasteiger charge is 2.20. The molecular weight excluding hydrogens is 348 g/mol. The largest absolute Gasteiger partial charge is 0.481 e. The Kier molecular flexibility index (Phi) is 11.6. The number of hydroxylamine groups is 1. The Morgan fingerprint density at radius 3 is 2.15 bits per heavy atom. The Balaban J connectivity index is 0.000000590. The van der Waals surface area contributed by atoms with Gasteiger partial charge in [-0.1, -0.05) is 30.3 Å². The third-order valence-corrected chi connectivity index (χ3v) is 2.84. The lowest BCUT2D eigenvalue weighted by Gasteiger charge is -2.14. The summed E-state index contributed by atoms with van der Waals surface area (Å²) >= 11 is 0. The van der Waals surface area contributed by atoms with Gasteiger partial charge in [0, 0.05) is 12.8 Å². The van der Waals surface area contributed by atoms with Crippen LogP contribution in [0, 0.1) is 0 Å². The molecule has 2 amide bonds. The highest BCUT2D eigenvalue weighted by Crippen LogP contribution is 2.03. The lowest BCUT2D eigenvalue weighted by molar-refractivity contribution is -0.140. The molecule has 0 saturated carbocycles. The predicted octanol–water partition coefficient (Wildman–Crippen LogP) is 0.785. The van der Waals surface area contributed by atoms with E-state index in [1.54, 1.807) is 6.92 Å². The van der Waals surface area contributed by atoms with Gasteiger partial charge in [0.2, 0.25) is 5.91 Å². The summed E-state index contributed by atoms with van der Waals surface area (Å²) in [6.07, 6.45) is -0.927. The van der Waals surface area contributed by atoms with E-state index in [9.17, 15) is 19.2 Å². The number of carboxylic acids is 2. The van der Waals surface area contributed by atoms with Gasteiger partial charge in [-0.3, -0.25) is 14.8 Å². The SMILES string of the molecule is CCOC(=O)N[C@H](Cc1ccccc1)C(=O)O.O=C(O)CCC(=O)NO. The number of amides is 2. The number of rotatable bonds is 8.